The van der Waals surface area contributed by atoms with Crippen molar-refractivity contribution >= 4 is 5.91 Å². The molecule has 2 heterocycles. The number of carbonyl (C=O) groups is 1. The summed E-state index contributed by atoms with van der Waals surface area (Å²) in [6.07, 6.45) is 1.72. The highest BCUT2D eigenvalue weighted by Gasteiger charge is 2.44. The lowest BCUT2D eigenvalue weighted by molar-refractivity contribution is -0.158. The Morgan fingerprint density at radius 1 is 1.45 bits per heavy atom. The van der Waals surface area contributed by atoms with Crippen molar-refractivity contribution in [2.75, 3.05) is 19.6 Å². The number of likely N-dealkylation sites (tertiary alicyclic amines) is 1. The van der Waals surface area contributed by atoms with Crippen molar-refractivity contribution in [3.05, 3.63) is 35.4 Å². The van der Waals surface area contributed by atoms with E-state index in [0.717, 1.165) is 24.9 Å². The number of carbonyl (C=O) groups excluding carboxylic acids is 1. The Labute approximate surface area is 119 Å². The predicted molar refractivity (Wildman–Crippen MR) is 77.3 cm³/mol. The first-order chi connectivity index (χ1) is 9.63. The van der Waals surface area contributed by atoms with Crippen LogP contribution in [0.2, 0.25) is 0 Å². The fourth-order valence-corrected chi connectivity index (χ4v) is 3.38. The number of amides is 1. The van der Waals surface area contributed by atoms with E-state index < -0.39 is 5.60 Å². The molecule has 1 unspecified atom stereocenters. The first-order valence-corrected chi connectivity index (χ1v) is 7.43. The molecule has 0 radical (unpaired) electrons. The molecule has 1 atom stereocenters. The van der Waals surface area contributed by atoms with Crippen LogP contribution in [0.25, 0.3) is 0 Å². The highest BCUT2D eigenvalue weighted by atomic mass is 16.3. The van der Waals surface area contributed by atoms with Crippen LogP contribution in [0.4, 0.5) is 0 Å². The minimum atomic E-state index is -0.647. The van der Waals surface area contributed by atoms with Crippen molar-refractivity contribution in [2.45, 2.75) is 37.8 Å². The number of fused-ring (bicyclic) bond motifs is 1. The van der Waals surface area contributed by atoms with E-state index in [-0.39, 0.29) is 11.8 Å². The Bertz CT molecular complexity index is 509. The highest BCUT2D eigenvalue weighted by Crippen LogP contribution is 2.31. The summed E-state index contributed by atoms with van der Waals surface area (Å²) in [4.78, 5) is 14.4. The normalized spacial score (nSPS) is 23.9. The molecule has 1 saturated heterocycles. The molecule has 4 nitrogen and oxygen atoms in total. The molecule has 0 bridgehead atoms. The quantitative estimate of drug-likeness (QED) is 0.872. The van der Waals surface area contributed by atoms with E-state index in [2.05, 4.69) is 24.4 Å². The Morgan fingerprint density at radius 2 is 2.20 bits per heavy atom. The van der Waals surface area contributed by atoms with E-state index in [9.17, 15) is 9.90 Å². The molecule has 0 saturated carbocycles. The summed E-state index contributed by atoms with van der Waals surface area (Å²) in [6.45, 7) is 4.55. The van der Waals surface area contributed by atoms with E-state index in [0.29, 0.717) is 19.6 Å². The fraction of sp³-hybridized carbons (Fsp3) is 0.562. The Hall–Kier alpha value is -1.39. The smallest absolute Gasteiger partial charge is 0.231 e. The van der Waals surface area contributed by atoms with Crippen molar-refractivity contribution < 1.29 is 9.90 Å². The van der Waals surface area contributed by atoms with Crippen LogP contribution in [0, 0.1) is 0 Å². The second-order valence-electron chi connectivity index (χ2n) is 6.05. The maximum Gasteiger partial charge on any atom is 0.231 e. The first kappa shape index (κ1) is 13.6. The third-order valence-corrected chi connectivity index (χ3v) is 4.39. The van der Waals surface area contributed by atoms with E-state index in [1.165, 1.54) is 5.56 Å². The van der Waals surface area contributed by atoms with Gasteiger partial charge in [0.1, 0.15) is 0 Å². The minimum Gasteiger partial charge on any atom is -0.386 e. The van der Waals surface area contributed by atoms with Gasteiger partial charge in [0.05, 0.1) is 24.6 Å². The second-order valence-corrected chi connectivity index (χ2v) is 6.05. The standard InChI is InChI=1S/C16H22N2O2/c1-2-7-16(20)10-18(11-16)15(19)14-9-17-8-12-5-3-4-6-13(12)14/h3-6,14,17,20H,2,7-11H2,1H3. The monoisotopic (exact) mass is 274 g/mol. The number of aliphatic hydroxyl groups is 1. The van der Waals surface area contributed by atoms with E-state index >= 15 is 0 Å². The molecule has 0 aromatic heterocycles. The van der Waals surface area contributed by atoms with Crippen LogP contribution in [-0.4, -0.2) is 41.1 Å². The van der Waals surface area contributed by atoms with Crippen LogP contribution < -0.4 is 5.32 Å². The largest absolute Gasteiger partial charge is 0.386 e. The summed E-state index contributed by atoms with van der Waals surface area (Å²) in [5, 5.41) is 13.5. The van der Waals surface area contributed by atoms with Crippen molar-refractivity contribution in [3.63, 3.8) is 0 Å². The van der Waals surface area contributed by atoms with Gasteiger partial charge in [0.15, 0.2) is 0 Å². The SMILES string of the molecule is CCCC1(O)CN(C(=O)C2CNCc3ccccc32)C1. The zero-order valence-corrected chi connectivity index (χ0v) is 11.9. The predicted octanol–water partition coefficient (Wildman–Crippen LogP) is 1.25. The molecule has 0 aliphatic carbocycles. The lowest BCUT2D eigenvalue weighted by atomic mass is 9.85. The van der Waals surface area contributed by atoms with Gasteiger partial charge in [-0.25, -0.2) is 0 Å². The van der Waals surface area contributed by atoms with E-state index in [1.54, 1.807) is 4.90 Å². The summed E-state index contributed by atoms with van der Waals surface area (Å²) >= 11 is 0. The molecule has 20 heavy (non-hydrogen) atoms. The molecule has 2 aliphatic rings. The molecule has 1 aromatic carbocycles. The molecular weight excluding hydrogens is 252 g/mol. The zero-order valence-electron chi connectivity index (χ0n) is 11.9. The van der Waals surface area contributed by atoms with Gasteiger partial charge in [-0.15, -0.1) is 0 Å². The summed E-state index contributed by atoms with van der Waals surface area (Å²) in [5.41, 5.74) is 1.70. The summed E-state index contributed by atoms with van der Waals surface area (Å²) in [7, 11) is 0. The van der Waals surface area contributed by atoms with Gasteiger partial charge in [0.2, 0.25) is 5.91 Å². The minimum absolute atomic E-state index is 0.105. The molecule has 0 spiro atoms. The number of β-amino-alcohol motifs (C(OH)–C–C–N with tert-alkyl or cyclic N) is 1. The zero-order chi connectivity index (χ0) is 14.2. The topological polar surface area (TPSA) is 52.6 Å². The number of benzene rings is 1. The summed E-state index contributed by atoms with van der Waals surface area (Å²) < 4.78 is 0. The molecular formula is C16H22N2O2. The lowest BCUT2D eigenvalue weighted by Gasteiger charge is -2.48. The van der Waals surface area contributed by atoms with E-state index in [1.807, 2.05) is 12.1 Å². The number of nitrogens with zero attached hydrogens (tertiary/aromatic N) is 1. The lowest BCUT2D eigenvalue weighted by Crippen LogP contribution is -2.64. The average molecular weight is 274 g/mol. The number of hydrogen-bond acceptors (Lipinski definition) is 3. The summed E-state index contributed by atoms with van der Waals surface area (Å²) in [6, 6.07) is 8.13. The van der Waals surface area contributed by atoms with Crippen molar-refractivity contribution in [1.29, 1.82) is 0 Å². The van der Waals surface area contributed by atoms with Gasteiger partial charge in [-0.1, -0.05) is 37.6 Å². The van der Waals surface area contributed by atoms with Crippen LogP contribution in [0.5, 0.6) is 0 Å². The molecule has 2 aliphatic heterocycles. The maximum atomic E-state index is 12.6. The molecule has 4 heteroatoms. The Kier molecular flexibility index (Phi) is 3.52. The third-order valence-electron chi connectivity index (χ3n) is 4.39. The molecule has 108 valence electrons. The van der Waals surface area contributed by atoms with Crippen LogP contribution >= 0.6 is 0 Å². The molecule has 1 amide bonds. The number of hydrogen-bond donors (Lipinski definition) is 2. The third kappa shape index (κ3) is 2.34. The van der Waals surface area contributed by atoms with Gasteiger partial charge >= 0.3 is 0 Å². The summed E-state index contributed by atoms with van der Waals surface area (Å²) in [5.74, 6) is 0.0385. The van der Waals surface area contributed by atoms with Crippen LogP contribution in [0.1, 0.15) is 36.8 Å². The van der Waals surface area contributed by atoms with Crippen molar-refractivity contribution in [3.8, 4) is 0 Å². The van der Waals surface area contributed by atoms with Gasteiger partial charge in [-0.05, 0) is 17.5 Å². The fourth-order valence-electron chi connectivity index (χ4n) is 3.38. The van der Waals surface area contributed by atoms with Crippen molar-refractivity contribution in [1.82, 2.24) is 10.2 Å². The van der Waals surface area contributed by atoms with Gasteiger partial charge in [-0.3, -0.25) is 4.79 Å². The number of rotatable bonds is 3. The Balaban J connectivity index is 1.71. The van der Waals surface area contributed by atoms with Crippen LogP contribution in [0.3, 0.4) is 0 Å². The molecule has 2 N–H and O–H groups in total. The van der Waals surface area contributed by atoms with E-state index in [4.69, 9.17) is 0 Å². The van der Waals surface area contributed by atoms with Crippen LogP contribution in [-0.2, 0) is 11.3 Å². The van der Waals surface area contributed by atoms with Crippen LogP contribution in [0.15, 0.2) is 24.3 Å². The molecule has 3 rings (SSSR count). The maximum absolute atomic E-state index is 12.6. The Morgan fingerprint density at radius 3 is 2.95 bits per heavy atom. The average Bonchev–Trinajstić information content (AvgIpc) is 2.43. The second kappa shape index (κ2) is 5.19. The highest BCUT2D eigenvalue weighted by molar-refractivity contribution is 5.85. The van der Waals surface area contributed by atoms with Crippen molar-refractivity contribution in [2.24, 2.45) is 0 Å². The molecule has 1 fully saturated rings. The van der Waals surface area contributed by atoms with Gasteiger partial charge in [0.25, 0.3) is 0 Å². The number of nitrogens with one attached hydrogen (secondary N) is 1. The van der Waals surface area contributed by atoms with Gasteiger partial charge in [0, 0.05) is 13.1 Å². The molecule has 1 aromatic rings. The van der Waals surface area contributed by atoms with Gasteiger partial charge < -0.3 is 15.3 Å². The first-order valence-electron chi connectivity index (χ1n) is 7.43. The van der Waals surface area contributed by atoms with Gasteiger partial charge in [-0.2, -0.15) is 0 Å².